The quantitative estimate of drug-likeness (QED) is 0.302. The van der Waals surface area contributed by atoms with Crippen LogP contribution < -0.4 is 0 Å². The summed E-state index contributed by atoms with van der Waals surface area (Å²) in [5.41, 5.74) is 2.86. The van der Waals surface area contributed by atoms with Crippen LogP contribution in [0, 0.1) is 0 Å². The van der Waals surface area contributed by atoms with Crippen molar-refractivity contribution in [3.8, 4) is 0 Å². The lowest BCUT2D eigenvalue weighted by Gasteiger charge is -2.05. The minimum Gasteiger partial charge on any atom is -0.477 e. The molecule has 2 aromatic carbocycles. The Morgan fingerprint density at radius 2 is 2.07 bits per heavy atom. The van der Waals surface area contributed by atoms with Gasteiger partial charge in [0.2, 0.25) is 5.89 Å². The van der Waals surface area contributed by atoms with Crippen LogP contribution in [0.25, 0.3) is 17.0 Å². The number of aromatic nitrogens is 3. The minimum atomic E-state index is -1.05. The van der Waals surface area contributed by atoms with Gasteiger partial charge in [0.1, 0.15) is 4.91 Å². The smallest absolute Gasteiger partial charge is 0.342 e. The van der Waals surface area contributed by atoms with E-state index < -0.39 is 5.97 Å². The molecule has 8 heteroatoms. The van der Waals surface area contributed by atoms with Crippen molar-refractivity contribution in [3.63, 3.8) is 0 Å². The molecule has 0 spiro atoms. The second-order valence-electron chi connectivity index (χ2n) is 6.59. The summed E-state index contributed by atoms with van der Waals surface area (Å²) in [6.07, 6.45) is 4.18. The van der Waals surface area contributed by atoms with E-state index in [2.05, 4.69) is 14.8 Å². The number of carboxylic acids is 1. The van der Waals surface area contributed by atoms with Crippen molar-refractivity contribution in [2.24, 2.45) is 0 Å². The second kappa shape index (κ2) is 8.77. The molecule has 152 valence electrons. The van der Waals surface area contributed by atoms with Gasteiger partial charge in [-0.25, -0.2) is 4.79 Å². The molecule has 0 atom stereocenters. The van der Waals surface area contributed by atoms with Gasteiger partial charge in [-0.3, -0.25) is 0 Å². The minimum absolute atomic E-state index is 0.104. The zero-order valence-electron chi connectivity index (χ0n) is 16.1. The maximum Gasteiger partial charge on any atom is 0.342 e. The highest BCUT2D eigenvalue weighted by Gasteiger charge is 2.16. The number of carbonyl (C=O) groups is 1. The lowest BCUT2D eigenvalue weighted by atomic mass is 10.1. The third kappa shape index (κ3) is 4.42. The number of nitrogens with zero attached hydrogens (tertiary/aromatic N) is 3. The average molecular weight is 440 g/mol. The van der Waals surface area contributed by atoms with E-state index in [9.17, 15) is 9.90 Å². The molecule has 0 saturated carbocycles. The number of benzene rings is 2. The van der Waals surface area contributed by atoms with Crippen LogP contribution in [0.5, 0.6) is 0 Å². The van der Waals surface area contributed by atoms with E-state index in [1.165, 1.54) is 0 Å². The number of fused-ring (bicyclic) bond motifs is 1. The Hall–Kier alpha value is -3.03. The number of para-hydroxylation sites is 1. The summed E-state index contributed by atoms with van der Waals surface area (Å²) in [5.74, 6) is -0.580. The number of hydrogen-bond acceptors (Lipinski definition) is 5. The van der Waals surface area contributed by atoms with Crippen molar-refractivity contribution in [1.82, 2.24) is 14.8 Å². The van der Waals surface area contributed by atoms with Gasteiger partial charge in [-0.15, -0.1) is 10.2 Å². The first-order chi connectivity index (χ1) is 14.5. The standard InChI is InChI=1S/C22H18ClN3O3S/c1-2-20-24-25-22(29-20)30-19(21(27)28)11-15-13-26(18-9-4-3-8-17(15)18)12-14-6-5-7-16(23)10-14/h3-11,13H,2,12H2,1H3,(H,27,28)/b19-11-. The predicted octanol–water partition coefficient (Wildman–Crippen LogP) is 5.51. The van der Waals surface area contributed by atoms with Gasteiger partial charge in [0.15, 0.2) is 0 Å². The van der Waals surface area contributed by atoms with E-state index in [-0.39, 0.29) is 10.1 Å². The van der Waals surface area contributed by atoms with Crippen LogP contribution in [0.3, 0.4) is 0 Å². The molecule has 4 aromatic rings. The van der Waals surface area contributed by atoms with Gasteiger partial charge in [-0.2, -0.15) is 0 Å². The Morgan fingerprint density at radius 3 is 2.80 bits per heavy atom. The summed E-state index contributed by atoms with van der Waals surface area (Å²) in [4.78, 5) is 12.0. The molecule has 0 amide bonds. The van der Waals surface area contributed by atoms with Crippen LogP contribution in [0.2, 0.25) is 5.02 Å². The molecule has 0 aliphatic rings. The summed E-state index contributed by atoms with van der Waals surface area (Å²) >= 11 is 7.07. The number of rotatable bonds is 7. The molecule has 6 nitrogen and oxygen atoms in total. The normalized spacial score (nSPS) is 11.9. The van der Waals surface area contributed by atoms with Gasteiger partial charge in [0.25, 0.3) is 5.22 Å². The molecule has 0 fully saturated rings. The Labute approximate surface area is 182 Å². The first-order valence-corrected chi connectivity index (χ1v) is 10.5. The lowest BCUT2D eigenvalue weighted by Crippen LogP contribution is -1.98. The second-order valence-corrected chi connectivity index (χ2v) is 8.02. The molecule has 1 N–H and O–H groups in total. The number of thioether (sulfide) groups is 1. The van der Waals surface area contributed by atoms with Crippen LogP contribution in [0.1, 0.15) is 23.9 Å². The molecule has 2 aromatic heterocycles. The van der Waals surface area contributed by atoms with Crippen molar-refractivity contribution in [2.75, 3.05) is 0 Å². The number of aryl methyl sites for hydroxylation is 1. The number of hydrogen-bond donors (Lipinski definition) is 1. The monoisotopic (exact) mass is 439 g/mol. The zero-order chi connectivity index (χ0) is 21.1. The number of carboxylic acid groups (broad SMARTS) is 1. The average Bonchev–Trinajstić information content (AvgIpc) is 3.32. The fourth-order valence-corrected chi connectivity index (χ4v) is 4.04. The van der Waals surface area contributed by atoms with E-state index >= 15 is 0 Å². The molecule has 0 aliphatic carbocycles. The fourth-order valence-electron chi connectivity index (χ4n) is 3.15. The molecule has 0 aliphatic heterocycles. The molecule has 0 bridgehead atoms. The van der Waals surface area contributed by atoms with Crippen LogP contribution in [-0.2, 0) is 17.8 Å². The molecule has 0 saturated heterocycles. The van der Waals surface area contributed by atoms with Gasteiger partial charge in [0.05, 0.1) is 0 Å². The molecular formula is C22H18ClN3O3S. The van der Waals surface area contributed by atoms with Crippen LogP contribution in [0.15, 0.2) is 69.3 Å². The molecule has 0 unspecified atom stereocenters. The van der Waals surface area contributed by atoms with E-state index in [4.69, 9.17) is 16.0 Å². The highest BCUT2D eigenvalue weighted by molar-refractivity contribution is 8.03. The summed E-state index contributed by atoms with van der Waals surface area (Å²) in [7, 11) is 0. The summed E-state index contributed by atoms with van der Waals surface area (Å²) in [6, 6.07) is 15.6. The van der Waals surface area contributed by atoms with Crippen molar-refractivity contribution in [1.29, 1.82) is 0 Å². The van der Waals surface area contributed by atoms with Gasteiger partial charge in [-0.1, -0.05) is 48.9 Å². The molecule has 0 radical (unpaired) electrons. The van der Waals surface area contributed by atoms with E-state index in [0.717, 1.165) is 33.8 Å². The van der Waals surface area contributed by atoms with Gasteiger partial charge in [0, 0.05) is 40.7 Å². The van der Waals surface area contributed by atoms with Crippen molar-refractivity contribution >= 4 is 46.3 Å². The summed E-state index contributed by atoms with van der Waals surface area (Å²) in [5, 5.41) is 19.3. The van der Waals surface area contributed by atoms with Crippen molar-refractivity contribution in [3.05, 3.63) is 81.7 Å². The fraction of sp³-hybridized carbons (Fsp3) is 0.136. The number of aliphatic carboxylic acids is 1. The summed E-state index contributed by atoms with van der Waals surface area (Å²) < 4.78 is 7.54. The van der Waals surface area contributed by atoms with Crippen molar-refractivity contribution < 1.29 is 14.3 Å². The highest BCUT2D eigenvalue weighted by Crippen LogP contribution is 2.31. The topological polar surface area (TPSA) is 81.2 Å². The lowest BCUT2D eigenvalue weighted by molar-refractivity contribution is -0.131. The maximum atomic E-state index is 11.9. The Morgan fingerprint density at radius 1 is 1.23 bits per heavy atom. The van der Waals surface area contributed by atoms with Gasteiger partial charge < -0.3 is 14.1 Å². The van der Waals surface area contributed by atoms with Crippen LogP contribution in [0.4, 0.5) is 0 Å². The Balaban J connectivity index is 1.72. The SMILES string of the molecule is CCc1nnc(S/C(=C\c2cn(Cc3cccc(Cl)c3)c3ccccc23)C(=O)O)o1. The Bertz CT molecular complexity index is 1250. The van der Waals surface area contributed by atoms with Gasteiger partial charge >= 0.3 is 5.97 Å². The van der Waals surface area contributed by atoms with E-state index in [0.29, 0.717) is 23.9 Å². The van der Waals surface area contributed by atoms with Crippen molar-refractivity contribution in [2.45, 2.75) is 25.1 Å². The Kier molecular flexibility index (Phi) is 5.92. The third-order valence-corrected chi connectivity index (χ3v) is 5.59. The summed E-state index contributed by atoms with van der Waals surface area (Å²) in [6.45, 7) is 2.51. The highest BCUT2D eigenvalue weighted by atomic mass is 35.5. The van der Waals surface area contributed by atoms with E-state index in [1.54, 1.807) is 6.08 Å². The molecular weight excluding hydrogens is 422 g/mol. The molecule has 2 heterocycles. The zero-order valence-corrected chi connectivity index (χ0v) is 17.7. The number of halogens is 1. The first kappa shape index (κ1) is 20.3. The third-order valence-electron chi connectivity index (χ3n) is 4.51. The first-order valence-electron chi connectivity index (χ1n) is 9.31. The van der Waals surface area contributed by atoms with Gasteiger partial charge in [-0.05, 0) is 41.6 Å². The molecule has 30 heavy (non-hydrogen) atoms. The van der Waals surface area contributed by atoms with Crippen LogP contribution in [-0.4, -0.2) is 25.8 Å². The van der Waals surface area contributed by atoms with Crippen LogP contribution >= 0.6 is 23.4 Å². The maximum absolute atomic E-state index is 11.9. The molecule has 4 rings (SSSR count). The van der Waals surface area contributed by atoms with E-state index in [1.807, 2.05) is 61.7 Å². The predicted molar refractivity (Wildman–Crippen MR) is 118 cm³/mol. The largest absolute Gasteiger partial charge is 0.477 e.